The van der Waals surface area contributed by atoms with Crippen LogP contribution in [-0.2, 0) is 30.1 Å². The van der Waals surface area contributed by atoms with Crippen LogP contribution in [0.3, 0.4) is 0 Å². The number of alkyl halides is 3. The number of carbonyl (C=O) groups excluding carboxylic acids is 5. The lowest BCUT2D eigenvalue weighted by molar-refractivity contribution is -0.138. The number of benzene rings is 2. The normalized spacial score (nSPS) is 25.4. The number of piperazine rings is 1. The fourth-order valence-corrected chi connectivity index (χ4v) is 9.73. The van der Waals surface area contributed by atoms with Crippen molar-refractivity contribution in [1.82, 2.24) is 24.3 Å². The monoisotopic (exact) mass is 861 g/mol. The second-order valence-corrected chi connectivity index (χ2v) is 17.1. The number of hydrogen-bond acceptors (Lipinski definition) is 10. The summed E-state index contributed by atoms with van der Waals surface area (Å²) in [6.07, 6.45) is -0.562. The molecule has 2 N–H and O–H groups in total. The van der Waals surface area contributed by atoms with Crippen LogP contribution in [-0.4, -0.2) is 111 Å². The van der Waals surface area contributed by atoms with Crippen LogP contribution in [0.2, 0.25) is 0 Å². The Bertz CT molecular complexity index is 1930. The number of piperidine rings is 1. The number of carbonyl (C=O) groups is 5. The molecule has 18 heteroatoms. The Kier molecular flexibility index (Phi) is 14.8. The van der Waals surface area contributed by atoms with E-state index < -0.39 is 34.8 Å². The molecule has 0 aromatic heterocycles. The molecule has 3 saturated heterocycles. The van der Waals surface area contributed by atoms with E-state index in [1.807, 2.05) is 12.1 Å². The van der Waals surface area contributed by atoms with Crippen molar-refractivity contribution in [3.8, 4) is 6.07 Å². The highest BCUT2D eigenvalue weighted by Gasteiger charge is 2.55. The molecule has 3 atom stereocenters. The number of nitriles is 1. The molecule has 59 heavy (non-hydrogen) atoms. The summed E-state index contributed by atoms with van der Waals surface area (Å²) in [5.41, 5.74) is -1.51. The first-order chi connectivity index (χ1) is 27.5. The van der Waals surface area contributed by atoms with Gasteiger partial charge in [0.2, 0.25) is 17.7 Å². The molecule has 1 aliphatic carbocycles. The highest BCUT2D eigenvalue weighted by atomic mass is 35.5. The fraction of sp³-hybridized carbons (Fsp3) is 0.561. The highest BCUT2D eigenvalue weighted by molar-refractivity contribution is 7.98. The highest BCUT2D eigenvalue weighted by Crippen LogP contribution is 2.43. The average Bonchev–Trinajstić information content (AvgIpc) is 3.33. The molecule has 320 valence electrons. The van der Waals surface area contributed by atoms with E-state index in [1.165, 1.54) is 11.0 Å². The largest absolute Gasteiger partial charge is 0.417 e. The molecule has 6 amide bonds. The number of nitrogens with one attached hydrogen (secondary N) is 2. The lowest BCUT2D eigenvalue weighted by Gasteiger charge is -2.44. The zero-order valence-electron chi connectivity index (χ0n) is 33.5. The zero-order valence-corrected chi connectivity index (χ0v) is 35.2. The van der Waals surface area contributed by atoms with Gasteiger partial charge < -0.3 is 19.9 Å². The number of hydrogen-bond donors (Lipinski definition) is 2. The third-order valence-electron chi connectivity index (χ3n) is 11.6. The van der Waals surface area contributed by atoms with Gasteiger partial charge in [0.25, 0.3) is 5.91 Å². The molecule has 6 rings (SSSR count). The number of urea groups is 1. The van der Waals surface area contributed by atoms with Gasteiger partial charge >= 0.3 is 12.2 Å². The van der Waals surface area contributed by atoms with E-state index in [9.17, 15) is 42.4 Å². The first-order valence-electron chi connectivity index (χ1n) is 19.8. The minimum absolute atomic E-state index is 0. The van der Waals surface area contributed by atoms with Crippen molar-refractivity contribution in [2.75, 3.05) is 38.1 Å². The molecule has 0 spiro atoms. The Morgan fingerprint density at radius 1 is 1.00 bits per heavy atom. The van der Waals surface area contributed by atoms with Gasteiger partial charge in [0.05, 0.1) is 29.7 Å². The molecule has 2 aromatic carbocycles. The van der Waals surface area contributed by atoms with E-state index in [-0.39, 0.29) is 71.7 Å². The van der Waals surface area contributed by atoms with E-state index in [1.54, 1.807) is 32.0 Å². The minimum atomic E-state index is -4.76. The number of rotatable bonds is 12. The summed E-state index contributed by atoms with van der Waals surface area (Å²) in [4.78, 5) is 69.8. The summed E-state index contributed by atoms with van der Waals surface area (Å²) in [6.45, 7) is 10.8. The second-order valence-electron chi connectivity index (χ2n) is 16.1. The summed E-state index contributed by atoms with van der Waals surface area (Å²) >= 11 is 0.556. The van der Waals surface area contributed by atoms with Crippen LogP contribution in [0.4, 0.5) is 23.7 Å². The van der Waals surface area contributed by atoms with Crippen molar-refractivity contribution in [2.45, 2.75) is 119 Å². The Labute approximate surface area is 352 Å². The van der Waals surface area contributed by atoms with Crippen LogP contribution in [0.1, 0.15) is 95.2 Å². The number of amides is 6. The maximum atomic E-state index is 13.7. The van der Waals surface area contributed by atoms with Crippen LogP contribution in [0, 0.1) is 11.3 Å². The molecule has 1 unspecified atom stereocenters. The number of nitrogens with zero attached hydrogens (tertiary/aromatic N) is 5. The predicted octanol–water partition coefficient (Wildman–Crippen LogP) is 6.32. The van der Waals surface area contributed by atoms with Crippen LogP contribution in [0.5, 0.6) is 0 Å². The molecular weight excluding hydrogens is 811 g/mol. The lowest BCUT2D eigenvalue weighted by atomic mass is 9.89. The molecule has 4 fully saturated rings. The van der Waals surface area contributed by atoms with Gasteiger partial charge in [-0.3, -0.25) is 29.4 Å². The molecule has 0 radical (unpaired) electrons. The van der Waals surface area contributed by atoms with Crippen molar-refractivity contribution >= 4 is 59.7 Å². The topological polar surface area (TPSA) is 155 Å². The molecule has 0 bridgehead atoms. The molecule has 3 aliphatic heterocycles. The van der Waals surface area contributed by atoms with E-state index in [0.29, 0.717) is 62.8 Å². The van der Waals surface area contributed by atoms with Gasteiger partial charge in [-0.1, -0.05) is 18.2 Å². The van der Waals surface area contributed by atoms with Gasteiger partial charge in [-0.25, -0.2) is 4.79 Å². The van der Waals surface area contributed by atoms with E-state index in [2.05, 4.69) is 34.3 Å². The van der Waals surface area contributed by atoms with Crippen molar-refractivity contribution in [3.63, 3.8) is 0 Å². The first-order valence-corrected chi connectivity index (χ1v) is 20.5. The average molecular weight is 862 g/mol. The van der Waals surface area contributed by atoms with Crippen molar-refractivity contribution in [3.05, 3.63) is 59.2 Å². The van der Waals surface area contributed by atoms with E-state index in [4.69, 9.17) is 4.74 Å². The van der Waals surface area contributed by atoms with Gasteiger partial charge in [0.1, 0.15) is 11.6 Å². The lowest BCUT2D eigenvalue weighted by Crippen LogP contribution is -2.58. The van der Waals surface area contributed by atoms with Gasteiger partial charge in [0, 0.05) is 73.3 Å². The van der Waals surface area contributed by atoms with Crippen molar-refractivity contribution in [2.24, 2.45) is 0 Å². The summed E-state index contributed by atoms with van der Waals surface area (Å²) in [6, 6.07) is 11.5. The maximum Gasteiger partial charge on any atom is 0.417 e. The molecule has 2 aromatic rings. The van der Waals surface area contributed by atoms with Gasteiger partial charge in [0.15, 0.2) is 0 Å². The number of halogens is 4. The minimum Gasteiger partial charge on any atom is -0.378 e. The van der Waals surface area contributed by atoms with E-state index in [0.717, 1.165) is 48.1 Å². The quantitative estimate of drug-likeness (QED) is 0.107. The Morgan fingerprint density at radius 2 is 1.66 bits per heavy atom. The van der Waals surface area contributed by atoms with Gasteiger partial charge in [-0.15, -0.1) is 12.4 Å². The zero-order chi connectivity index (χ0) is 41.9. The summed E-state index contributed by atoms with van der Waals surface area (Å²) in [7, 11) is 0. The van der Waals surface area contributed by atoms with Crippen LogP contribution < -0.4 is 10.6 Å². The standard InChI is InChI=1S/C41H50F3N7O6S.ClH/c1-25-22-48(23-26(2)49(25)24-36(53)46-28-11-9-27(10-12-28)31-17-18-35(52)47-37(31)54)19-6-20-57-30-15-13-29(14-16-30)50-39(56)51(38(55)40(50,3)4)58-34-8-5-7-33(32(34)21-45)41(42,43)44;/h5,7-12,25-26,29-31H,6,13-20,22-24H2,1-4H3,(H,46,53)(H,47,52,54);1H/t25-,26+,29?,30?,31?;. The first kappa shape index (κ1) is 45.9. The van der Waals surface area contributed by atoms with Gasteiger partial charge in [-0.05, 0) is 96.0 Å². The Balaban J connectivity index is 0.00000661. The smallest absolute Gasteiger partial charge is 0.378 e. The second kappa shape index (κ2) is 19.0. The predicted molar refractivity (Wildman–Crippen MR) is 216 cm³/mol. The van der Waals surface area contributed by atoms with Crippen LogP contribution >= 0.6 is 24.4 Å². The summed E-state index contributed by atoms with van der Waals surface area (Å²) < 4.78 is 47.8. The Hall–Kier alpha value is -4.21. The Morgan fingerprint density at radius 3 is 2.27 bits per heavy atom. The van der Waals surface area contributed by atoms with Crippen LogP contribution in [0.25, 0.3) is 0 Å². The maximum absolute atomic E-state index is 13.7. The SMILES string of the molecule is C[C@@H]1CN(CCCOC2CCC(N3C(=O)N(Sc4cccc(C(F)(F)F)c4C#N)C(=O)C3(C)C)CC2)C[C@H](C)N1CC(=O)Nc1ccc(C2CCC(=O)NC2=O)cc1.Cl. The van der Waals surface area contributed by atoms with Crippen molar-refractivity contribution in [1.29, 1.82) is 5.26 Å². The van der Waals surface area contributed by atoms with E-state index >= 15 is 0 Å². The molecule has 13 nitrogen and oxygen atoms in total. The number of ether oxygens (including phenoxy) is 1. The molecule has 1 saturated carbocycles. The third kappa shape index (κ3) is 10.4. The number of imide groups is 2. The summed E-state index contributed by atoms with van der Waals surface area (Å²) in [5.74, 6) is -1.60. The molecule has 3 heterocycles. The number of anilines is 1. The summed E-state index contributed by atoms with van der Waals surface area (Å²) in [5, 5.41) is 14.9. The van der Waals surface area contributed by atoms with Crippen LogP contribution in [0.15, 0.2) is 47.4 Å². The molecular formula is C41H51ClF3N7O6S. The molecule has 4 aliphatic rings. The third-order valence-corrected chi connectivity index (χ3v) is 12.7. The van der Waals surface area contributed by atoms with Crippen molar-refractivity contribution < 1.29 is 41.9 Å². The fourth-order valence-electron chi connectivity index (χ4n) is 8.67. The van der Waals surface area contributed by atoms with Gasteiger partial charge in [-0.2, -0.15) is 22.7 Å².